The van der Waals surface area contributed by atoms with Crippen LogP contribution in [0.1, 0.15) is 18.4 Å². The highest BCUT2D eigenvalue weighted by Gasteiger charge is 2.21. The first-order valence-corrected chi connectivity index (χ1v) is 5.85. The lowest BCUT2D eigenvalue weighted by Gasteiger charge is -2.32. The van der Waals surface area contributed by atoms with Gasteiger partial charge in [-0.15, -0.1) is 0 Å². The molecule has 1 fully saturated rings. The van der Waals surface area contributed by atoms with Gasteiger partial charge in [0.1, 0.15) is 17.3 Å². The topological polar surface area (TPSA) is 38.2 Å². The van der Waals surface area contributed by atoms with Crippen molar-refractivity contribution in [3.05, 3.63) is 17.0 Å². The maximum absolute atomic E-state index is 5.99. The van der Waals surface area contributed by atoms with E-state index in [0.29, 0.717) is 11.2 Å². The van der Waals surface area contributed by atoms with Gasteiger partial charge in [-0.25, -0.2) is 9.97 Å². The molecule has 2 rings (SSSR count). The molecule has 1 saturated heterocycles. The van der Waals surface area contributed by atoms with Crippen molar-refractivity contribution in [2.75, 3.05) is 25.2 Å². The first-order chi connectivity index (χ1) is 7.70. The van der Waals surface area contributed by atoms with Crippen LogP contribution in [0.5, 0.6) is 0 Å². The fraction of sp³-hybridized carbons (Fsp3) is 0.636. The van der Waals surface area contributed by atoms with Crippen molar-refractivity contribution in [3.63, 3.8) is 0 Å². The zero-order valence-electron chi connectivity index (χ0n) is 9.61. The highest BCUT2D eigenvalue weighted by Crippen LogP contribution is 2.25. The molecule has 0 spiro atoms. The minimum atomic E-state index is 0.485. The van der Waals surface area contributed by atoms with Gasteiger partial charge >= 0.3 is 0 Å². The van der Waals surface area contributed by atoms with E-state index >= 15 is 0 Å². The molecule has 0 unspecified atom stereocenters. The van der Waals surface area contributed by atoms with E-state index < -0.39 is 0 Å². The van der Waals surface area contributed by atoms with Gasteiger partial charge in [-0.05, 0) is 19.8 Å². The molecule has 1 aliphatic heterocycles. The van der Waals surface area contributed by atoms with Gasteiger partial charge in [0.25, 0.3) is 0 Å². The SMILES string of the molecule is Cc1c(Cl)ncnc1N(C)C1CCOCC1. The Morgan fingerprint density at radius 2 is 2.06 bits per heavy atom. The number of ether oxygens (including phenoxy) is 1. The molecular weight excluding hydrogens is 226 g/mol. The molecule has 0 radical (unpaired) electrons. The maximum Gasteiger partial charge on any atom is 0.137 e. The van der Waals surface area contributed by atoms with Gasteiger partial charge < -0.3 is 9.64 Å². The van der Waals surface area contributed by atoms with Crippen molar-refractivity contribution < 1.29 is 4.74 Å². The summed E-state index contributed by atoms with van der Waals surface area (Å²) in [4.78, 5) is 10.5. The average Bonchev–Trinajstić information content (AvgIpc) is 2.33. The molecule has 16 heavy (non-hydrogen) atoms. The Morgan fingerprint density at radius 3 is 2.75 bits per heavy atom. The standard InChI is InChI=1S/C11H16ClN3O/c1-8-10(12)13-7-14-11(8)15(2)9-3-5-16-6-4-9/h7,9H,3-6H2,1-2H3. The van der Waals surface area contributed by atoms with Crippen molar-refractivity contribution in [3.8, 4) is 0 Å². The molecule has 0 aliphatic carbocycles. The molecule has 1 aromatic rings. The van der Waals surface area contributed by atoms with E-state index in [-0.39, 0.29) is 0 Å². The van der Waals surface area contributed by atoms with E-state index in [1.807, 2.05) is 6.92 Å². The summed E-state index contributed by atoms with van der Waals surface area (Å²) >= 11 is 5.99. The molecule has 0 N–H and O–H groups in total. The van der Waals surface area contributed by atoms with Crippen LogP contribution in [0.15, 0.2) is 6.33 Å². The van der Waals surface area contributed by atoms with Crippen molar-refractivity contribution in [2.45, 2.75) is 25.8 Å². The summed E-state index contributed by atoms with van der Waals surface area (Å²) in [7, 11) is 2.06. The minimum Gasteiger partial charge on any atom is -0.381 e. The molecule has 5 heteroatoms. The number of hydrogen-bond donors (Lipinski definition) is 0. The van der Waals surface area contributed by atoms with Crippen LogP contribution in [-0.2, 0) is 4.74 Å². The summed E-state index contributed by atoms with van der Waals surface area (Å²) < 4.78 is 5.35. The lowest BCUT2D eigenvalue weighted by molar-refractivity contribution is 0.0853. The molecule has 1 aromatic heterocycles. The third-order valence-corrected chi connectivity index (χ3v) is 3.45. The summed E-state index contributed by atoms with van der Waals surface area (Å²) in [6.45, 7) is 3.60. The summed E-state index contributed by atoms with van der Waals surface area (Å²) in [5.74, 6) is 0.923. The highest BCUT2D eigenvalue weighted by atomic mass is 35.5. The molecule has 0 amide bonds. The molecule has 0 aromatic carbocycles. The van der Waals surface area contributed by atoms with Crippen LogP contribution in [0, 0.1) is 6.92 Å². The van der Waals surface area contributed by atoms with Gasteiger partial charge in [0.05, 0.1) is 0 Å². The van der Waals surface area contributed by atoms with Crippen LogP contribution in [0.4, 0.5) is 5.82 Å². The van der Waals surface area contributed by atoms with Gasteiger partial charge in [-0.1, -0.05) is 11.6 Å². The van der Waals surface area contributed by atoms with Crippen LogP contribution in [-0.4, -0.2) is 36.3 Å². The van der Waals surface area contributed by atoms with Gasteiger partial charge in [0.15, 0.2) is 0 Å². The van der Waals surface area contributed by atoms with E-state index in [1.54, 1.807) is 0 Å². The molecule has 1 aliphatic rings. The van der Waals surface area contributed by atoms with E-state index in [9.17, 15) is 0 Å². The van der Waals surface area contributed by atoms with E-state index in [4.69, 9.17) is 16.3 Å². The zero-order chi connectivity index (χ0) is 11.5. The van der Waals surface area contributed by atoms with Crippen LogP contribution < -0.4 is 4.90 Å². The number of rotatable bonds is 2. The summed E-state index contributed by atoms with van der Waals surface area (Å²) in [6, 6.07) is 0.485. The molecule has 0 atom stereocenters. The molecular formula is C11H16ClN3O. The first-order valence-electron chi connectivity index (χ1n) is 5.48. The number of hydrogen-bond acceptors (Lipinski definition) is 4. The summed E-state index contributed by atoms with van der Waals surface area (Å²) in [5, 5.41) is 0.531. The van der Waals surface area contributed by atoms with E-state index in [1.165, 1.54) is 6.33 Å². The Bertz CT molecular complexity index is 366. The third-order valence-electron chi connectivity index (χ3n) is 3.07. The van der Waals surface area contributed by atoms with Crippen molar-refractivity contribution >= 4 is 17.4 Å². The number of nitrogens with zero attached hydrogens (tertiary/aromatic N) is 3. The predicted octanol–water partition coefficient (Wildman–Crippen LogP) is 2.05. The largest absolute Gasteiger partial charge is 0.381 e. The molecule has 4 nitrogen and oxygen atoms in total. The van der Waals surface area contributed by atoms with Crippen LogP contribution in [0.3, 0.4) is 0 Å². The summed E-state index contributed by atoms with van der Waals surface area (Å²) in [5.41, 5.74) is 0.943. The minimum absolute atomic E-state index is 0.485. The molecule has 88 valence electrons. The molecule has 0 bridgehead atoms. The van der Waals surface area contributed by atoms with E-state index in [0.717, 1.165) is 37.4 Å². The second-order valence-electron chi connectivity index (χ2n) is 4.07. The van der Waals surface area contributed by atoms with Gasteiger partial charge in [-0.3, -0.25) is 0 Å². The lowest BCUT2D eigenvalue weighted by Crippen LogP contribution is -2.37. The van der Waals surface area contributed by atoms with Crippen molar-refractivity contribution in [2.24, 2.45) is 0 Å². The van der Waals surface area contributed by atoms with Gasteiger partial charge in [0, 0.05) is 31.9 Å². The predicted molar refractivity (Wildman–Crippen MR) is 64.0 cm³/mol. The van der Waals surface area contributed by atoms with E-state index in [2.05, 4.69) is 21.9 Å². The normalized spacial score (nSPS) is 17.4. The van der Waals surface area contributed by atoms with Crippen molar-refractivity contribution in [1.29, 1.82) is 0 Å². The maximum atomic E-state index is 5.99. The second kappa shape index (κ2) is 4.97. The van der Waals surface area contributed by atoms with Crippen LogP contribution in [0.2, 0.25) is 5.15 Å². The second-order valence-corrected chi connectivity index (χ2v) is 4.43. The fourth-order valence-electron chi connectivity index (χ4n) is 2.02. The van der Waals surface area contributed by atoms with Crippen LogP contribution in [0.25, 0.3) is 0 Å². The first kappa shape index (κ1) is 11.6. The zero-order valence-corrected chi connectivity index (χ0v) is 10.4. The monoisotopic (exact) mass is 241 g/mol. The van der Waals surface area contributed by atoms with Crippen LogP contribution >= 0.6 is 11.6 Å². The average molecular weight is 242 g/mol. The lowest BCUT2D eigenvalue weighted by atomic mass is 10.1. The Kier molecular flexibility index (Phi) is 3.61. The number of aromatic nitrogens is 2. The number of halogens is 1. The third kappa shape index (κ3) is 2.28. The van der Waals surface area contributed by atoms with Gasteiger partial charge in [0.2, 0.25) is 0 Å². The number of anilines is 1. The van der Waals surface area contributed by atoms with Gasteiger partial charge in [-0.2, -0.15) is 0 Å². The molecule has 0 saturated carbocycles. The molecule has 2 heterocycles. The Labute approximate surface area is 101 Å². The Balaban J connectivity index is 2.19. The Hall–Kier alpha value is -0.870. The highest BCUT2D eigenvalue weighted by molar-refractivity contribution is 6.30. The smallest absolute Gasteiger partial charge is 0.137 e. The quantitative estimate of drug-likeness (QED) is 0.743. The fourth-order valence-corrected chi connectivity index (χ4v) is 2.15. The Morgan fingerprint density at radius 1 is 1.38 bits per heavy atom. The van der Waals surface area contributed by atoms with Crippen molar-refractivity contribution in [1.82, 2.24) is 9.97 Å². The summed E-state index contributed by atoms with van der Waals surface area (Å²) in [6.07, 6.45) is 3.59.